The van der Waals surface area contributed by atoms with E-state index in [-0.39, 0.29) is 11.3 Å². The first-order chi connectivity index (χ1) is 7.97. The van der Waals surface area contributed by atoms with E-state index in [0.29, 0.717) is 5.69 Å². The van der Waals surface area contributed by atoms with E-state index < -0.39 is 17.9 Å². The number of para-hydroxylation sites is 1. The van der Waals surface area contributed by atoms with E-state index in [1.165, 1.54) is 7.11 Å². The Morgan fingerprint density at radius 3 is 2.59 bits per heavy atom. The van der Waals surface area contributed by atoms with Gasteiger partial charge in [-0.1, -0.05) is 6.07 Å². The van der Waals surface area contributed by atoms with Gasteiger partial charge in [-0.15, -0.1) is 0 Å². The molecule has 0 aromatic heterocycles. The second kappa shape index (κ2) is 5.20. The molecule has 0 saturated heterocycles. The Labute approximate surface area is 98.9 Å². The summed E-state index contributed by atoms with van der Waals surface area (Å²) in [6.07, 6.45) is 0. The predicted octanol–water partition coefficient (Wildman–Crippen LogP) is 0.341. The van der Waals surface area contributed by atoms with Crippen molar-refractivity contribution in [1.29, 1.82) is 0 Å². The molecular weight excluding hydrogens is 222 g/mol. The number of methoxy groups -OCH3 is 1. The van der Waals surface area contributed by atoms with Crippen LogP contribution in [0, 0.1) is 0 Å². The molecule has 1 atom stereocenters. The maximum atomic E-state index is 11.4. The number of nitrogens with two attached hydrogens (primary N) is 2. The molecule has 1 unspecified atom stereocenters. The molecule has 6 heteroatoms. The van der Waals surface area contributed by atoms with E-state index >= 15 is 0 Å². The number of ether oxygens (including phenoxy) is 1. The minimum Gasteiger partial charge on any atom is -0.465 e. The number of esters is 1. The van der Waals surface area contributed by atoms with Crippen LogP contribution in [0.15, 0.2) is 18.2 Å². The number of amides is 1. The Morgan fingerprint density at radius 2 is 2.06 bits per heavy atom. The molecule has 0 aliphatic rings. The molecule has 5 N–H and O–H groups in total. The van der Waals surface area contributed by atoms with Crippen molar-refractivity contribution in [2.45, 2.75) is 13.0 Å². The lowest BCUT2D eigenvalue weighted by atomic mass is 10.1. The summed E-state index contributed by atoms with van der Waals surface area (Å²) in [6, 6.07) is 4.26. The molecule has 1 amide bonds. The molecule has 92 valence electrons. The summed E-state index contributed by atoms with van der Waals surface area (Å²) >= 11 is 0. The molecule has 1 aromatic rings. The minimum atomic E-state index is -0.579. The summed E-state index contributed by atoms with van der Waals surface area (Å²) in [4.78, 5) is 22.3. The van der Waals surface area contributed by atoms with Gasteiger partial charge in [0.05, 0.1) is 24.0 Å². The van der Waals surface area contributed by atoms with Crippen molar-refractivity contribution in [1.82, 2.24) is 0 Å². The minimum absolute atomic E-state index is 0.229. The van der Waals surface area contributed by atoms with Gasteiger partial charge in [0.15, 0.2) is 0 Å². The molecule has 17 heavy (non-hydrogen) atoms. The molecule has 0 spiro atoms. The maximum absolute atomic E-state index is 11.4. The quantitative estimate of drug-likeness (QED) is 0.517. The van der Waals surface area contributed by atoms with Crippen molar-refractivity contribution in [3.8, 4) is 0 Å². The summed E-state index contributed by atoms with van der Waals surface area (Å²) in [6.45, 7) is 1.60. The van der Waals surface area contributed by atoms with Crippen molar-refractivity contribution in [3.05, 3.63) is 23.8 Å². The highest BCUT2D eigenvalue weighted by atomic mass is 16.5. The van der Waals surface area contributed by atoms with Crippen molar-refractivity contribution < 1.29 is 14.3 Å². The van der Waals surface area contributed by atoms with Gasteiger partial charge in [0, 0.05) is 0 Å². The third-order valence-corrected chi connectivity index (χ3v) is 2.31. The van der Waals surface area contributed by atoms with Gasteiger partial charge < -0.3 is 21.5 Å². The lowest BCUT2D eigenvalue weighted by Crippen LogP contribution is -2.32. The Bertz CT molecular complexity index is 446. The van der Waals surface area contributed by atoms with Crippen LogP contribution < -0.4 is 16.8 Å². The lowest BCUT2D eigenvalue weighted by molar-refractivity contribution is -0.118. The standard InChI is InChI=1S/C11H15N3O3/c1-6(10(13)15)14-8-5-3-4-7(9(8)12)11(16)17-2/h3-6,14H,12H2,1-2H3,(H2,13,15). The van der Waals surface area contributed by atoms with Gasteiger partial charge in [-0.3, -0.25) is 4.79 Å². The number of carbonyl (C=O) groups excluding carboxylic acids is 2. The van der Waals surface area contributed by atoms with Crippen LogP contribution in [0.25, 0.3) is 0 Å². The van der Waals surface area contributed by atoms with Crippen LogP contribution in [0.5, 0.6) is 0 Å². The second-order valence-electron chi connectivity index (χ2n) is 3.53. The average Bonchev–Trinajstić information content (AvgIpc) is 2.30. The summed E-state index contributed by atoms with van der Waals surface area (Å²) in [5, 5.41) is 2.82. The third-order valence-electron chi connectivity index (χ3n) is 2.31. The van der Waals surface area contributed by atoms with Crippen molar-refractivity contribution >= 4 is 23.3 Å². The fourth-order valence-corrected chi connectivity index (χ4v) is 1.28. The van der Waals surface area contributed by atoms with Gasteiger partial charge in [0.1, 0.15) is 6.04 Å². The molecule has 0 bridgehead atoms. The van der Waals surface area contributed by atoms with Crippen molar-refractivity contribution in [2.75, 3.05) is 18.2 Å². The normalized spacial score (nSPS) is 11.6. The third kappa shape index (κ3) is 2.87. The van der Waals surface area contributed by atoms with Gasteiger partial charge in [0.25, 0.3) is 0 Å². The van der Waals surface area contributed by atoms with Crippen LogP contribution in [0.1, 0.15) is 17.3 Å². The summed E-state index contributed by atoms with van der Waals surface area (Å²) in [5.74, 6) is -1.04. The number of anilines is 2. The van der Waals surface area contributed by atoms with Crippen LogP contribution in [0.4, 0.5) is 11.4 Å². The Kier molecular flexibility index (Phi) is 3.92. The molecular formula is C11H15N3O3. The summed E-state index contributed by atoms with van der Waals surface area (Å²) in [7, 11) is 1.27. The first kappa shape index (κ1) is 12.8. The topological polar surface area (TPSA) is 107 Å². The van der Waals surface area contributed by atoms with E-state index in [9.17, 15) is 9.59 Å². The fourth-order valence-electron chi connectivity index (χ4n) is 1.28. The molecule has 6 nitrogen and oxygen atoms in total. The van der Waals surface area contributed by atoms with E-state index in [2.05, 4.69) is 10.1 Å². The molecule has 1 rings (SSSR count). The van der Waals surface area contributed by atoms with Crippen LogP contribution >= 0.6 is 0 Å². The van der Waals surface area contributed by atoms with Gasteiger partial charge in [-0.05, 0) is 19.1 Å². The monoisotopic (exact) mass is 237 g/mol. The Hall–Kier alpha value is -2.24. The Morgan fingerprint density at radius 1 is 1.41 bits per heavy atom. The number of nitrogen functional groups attached to an aromatic ring is 1. The highest BCUT2D eigenvalue weighted by Gasteiger charge is 2.15. The fraction of sp³-hybridized carbons (Fsp3) is 0.273. The zero-order chi connectivity index (χ0) is 13.0. The van der Waals surface area contributed by atoms with Crippen LogP contribution in [-0.4, -0.2) is 25.0 Å². The van der Waals surface area contributed by atoms with Crippen LogP contribution in [0.2, 0.25) is 0 Å². The first-order valence-corrected chi connectivity index (χ1v) is 5.00. The van der Waals surface area contributed by atoms with E-state index in [0.717, 1.165) is 0 Å². The number of hydrogen-bond donors (Lipinski definition) is 3. The first-order valence-electron chi connectivity index (χ1n) is 5.00. The number of benzene rings is 1. The van der Waals surface area contributed by atoms with Gasteiger partial charge in [-0.2, -0.15) is 0 Å². The molecule has 0 saturated carbocycles. The smallest absolute Gasteiger partial charge is 0.340 e. The highest BCUT2D eigenvalue weighted by Crippen LogP contribution is 2.23. The largest absolute Gasteiger partial charge is 0.465 e. The molecule has 0 radical (unpaired) electrons. The highest BCUT2D eigenvalue weighted by molar-refractivity contribution is 5.98. The zero-order valence-electron chi connectivity index (χ0n) is 9.69. The Balaban J connectivity index is 3.02. The number of rotatable bonds is 4. The second-order valence-corrected chi connectivity index (χ2v) is 3.53. The molecule has 0 aliphatic carbocycles. The van der Waals surface area contributed by atoms with Crippen molar-refractivity contribution in [2.24, 2.45) is 5.73 Å². The maximum Gasteiger partial charge on any atom is 0.340 e. The van der Waals surface area contributed by atoms with Gasteiger partial charge in [0.2, 0.25) is 5.91 Å². The lowest BCUT2D eigenvalue weighted by Gasteiger charge is -2.15. The van der Waals surface area contributed by atoms with Gasteiger partial charge >= 0.3 is 5.97 Å². The number of nitrogens with one attached hydrogen (secondary N) is 1. The molecule has 0 heterocycles. The van der Waals surface area contributed by atoms with E-state index in [4.69, 9.17) is 11.5 Å². The van der Waals surface area contributed by atoms with Crippen LogP contribution in [0.3, 0.4) is 0 Å². The van der Waals surface area contributed by atoms with E-state index in [1.54, 1.807) is 25.1 Å². The molecule has 0 aliphatic heterocycles. The summed E-state index contributed by atoms with van der Waals surface area (Å²) < 4.78 is 4.59. The number of primary amides is 1. The van der Waals surface area contributed by atoms with E-state index in [1.807, 2.05) is 0 Å². The number of hydrogen-bond acceptors (Lipinski definition) is 5. The van der Waals surface area contributed by atoms with Gasteiger partial charge in [-0.25, -0.2) is 4.79 Å². The summed E-state index contributed by atoms with van der Waals surface area (Å²) in [5.41, 5.74) is 11.9. The van der Waals surface area contributed by atoms with Crippen molar-refractivity contribution in [3.63, 3.8) is 0 Å². The molecule has 0 fully saturated rings. The molecule has 1 aromatic carbocycles. The van der Waals surface area contributed by atoms with Crippen LogP contribution in [-0.2, 0) is 9.53 Å². The SMILES string of the molecule is COC(=O)c1cccc(NC(C)C(N)=O)c1N. The predicted molar refractivity (Wildman–Crippen MR) is 64.5 cm³/mol. The zero-order valence-corrected chi connectivity index (χ0v) is 9.69. The number of carbonyl (C=O) groups is 2. The average molecular weight is 237 g/mol.